The van der Waals surface area contributed by atoms with Crippen LogP contribution in [0.4, 0.5) is 5.69 Å². The fourth-order valence-electron chi connectivity index (χ4n) is 2.08. The van der Waals surface area contributed by atoms with E-state index in [1.807, 2.05) is 6.92 Å². The van der Waals surface area contributed by atoms with Gasteiger partial charge in [-0.3, -0.25) is 9.52 Å². The van der Waals surface area contributed by atoms with Crippen LogP contribution in [0.25, 0.3) is 0 Å². The van der Waals surface area contributed by atoms with Gasteiger partial charge in [0.2, 0.25) is 0 Å². The van der Waals surface area contributed by atoms with Gasteiger partial charge in [0.25, 0.3) is 15.9 Å². The number of carbonyl (C=O) groups excluding carboxylic acids is 1. The number of aryl methyl sites for hydroxylation is 1. The van der Waals surface area contributed by atoms with Crippen molar-refractivity contribution in [3.05, 3.63) is 59.7 Å². The molecule has 2 rings (SSSR count). The second-order valence-electron chi connectivity index (χ2n) is 5.45. The van der Waals surface area contributed by atoms with E-state index in [2.05, 4.69) is 4.72 Å². The second-order valence-corrected chi connectivity index (χ2v) is 7.13. The minimum absolute atomic E-state index is 0.114. The van der Waals surface area contributed by atoms with Gasteiger partial charge in [-0.15, -0.1) is 0 Å². The normalized spacial score (nSPS) is 11.1. The quantitative estimate of drug-likeness (QED) is 0.834. The summed E-state index contributed by atoms with van der Waals surface area (Å²) >= 11 is 0. The molecule has 0 heterocycles. The number of nitrogens with zero attached hydrogens (tertiary/aromatic N) is 1. The number of amides is 1. The molecule has 0 bridgehead atoms. The van der Waals surface area contributed by atoms with Gasteiger partial charge in [0, 0.05) is 24.8 Å². The van der Waals surface area contributed by atoms with Crippen LogP contribution in [0.2, 0.25) is 0 Å². The third-order valence-corrected chi connectivity index (χ3v) is 4.89. The number of nitrogens with one attached hydrogen (secondary N) is 1. The Morgan fingerprint density at radius 2 is 1.67 bits per heavy atom. The summed E-state index contributed by atoms with van der Waals surface area (Å²) in [6.07, 6.45) is 0. The van der Waals surface area contributed by atoms with Gasteiger partial charge in [0.1, 0.15) is 0 Å². The first-order valence-electron chi connectivity index (χ1n) is 7.39. The summed E-state index contributed by atoms with van der Waals surface area (Å²) in [5, 5.41) is 8.86. The van der Waals surface area contributed by atoms with Gasteiger partial charge in [-0.05, 0) is 43.3 Å². The van der Waals surface area contributed by atoms with Gasteiger partial charge < -0.3 is 10.0 Å². The van der Waals surface area contributed by atoms with Crippen molar-refractivity contribution in [3.63, 3.8) is 0 Å². The molecular weight excluding hydrogens is 328 g/mol. The Bertz CT molecular complexity index is 799. The molecule has 6 nitrogen and oxygen atoms in total. The third-order valence-electron chi connectivity index (χ3n) is 3.50. The maximum Gasteiger partial charge on any atom is 0.261 e. The number of carbonyl (C=O) groups is 1. The van der Waals surface area contributed by atoms with Crippen LogP contribution in [0.5, 0.6) is 0 Å². The van der Waals surface area contributed by atoms with Crippen LogP contribution in [0, 0.1) is 6.92 Å². The largest absolute Gasteiger partial charge is 0.395 e. The molecule has 7 heteroatoms. The molecule has 0 aliphatic rings. The highest BCUT2D eigenvalue weighted by Crippen LogP contribution is 2.17. The van der Waals surface area contributed by atoms with Gasteiger partial charge in [0.05, 0.1) is 11.5 Å². The van der Waals surface area contributed by atoms with Gasteiger partial charge in [-0.2, -0.15) is 0 Å². The summed E-state index contributed by atoms with van der Waals surface area (Å²) in [5.41, 5.74) is 1.77. The summed E-state index contributed by atoms with van der Waals surface area (Å²) in [6, 6.07) is 12.7. The Balaban J connectivity index is 2.14. The van der Waals surface area contributed by atoms with Crippen molar-refractivity contribution in [1.29, 1.82) is 0 Å². The minimum atomic E-state index is -3.67. The van der Waals surface area contributed by atoms with Gasteiger partial charge in [-0.1, -0.05) is 17.7 Å². The molecule has 0 aliphatic carbocycles. The predicted octanol–water partition coefficient (Wildman–Crippen LogP) is 1.86. The van der Waals surface area contributed by atoms with Crippen LogP contribution >= 0.6 is 0 Å². The highest BCUT2D eigenvalue weighted by atomic mass is 32.2. The minimum Gasteiger partial charge on any atom is -0.395 e. The summed E-state index contributed by atoms with van der Waals surface area (Å²) in [5.74, 6) is -0.239. The van der Waals surface area contributed by atoms with Gasteiger partial charge >= 0.3 is 0 Å². The molecule has 0 spiro atoms. The maximum absolute atomic E-state index is 12.3. The zero-order chi connectivity index (χ0) is 17.7. The van der Waals surface area contributed by atoms with Crippen molar-refractivity contribution >= 4 is 21.6 Å². The summed E-state index contributed by atoms with van der Waals surface area (Å²) in [7, 11) is -2.08. The Kier molecular flexibility index (Phi) is 5.58. The molecule has 0 saturated heterocycles. The zero-order valence-electron chi connectivity index (χ0n) is 13.6. The Morgan fingerprint density at radius 3 is 2.21 bits per heavy atom. The van der Waals surface area contributed by atoms with Crippen LogP contribution in [-0.4, -0.2) is 44.5 Å². The van der Waals surface area contributed by atoms with Gasteiger partial charge in [-0.25, -0.2) is 8.42 Å². The molecular formula is C17H20N2O4S. The Hall–Kier alpha value is -2.38. The zero-order valence-corrected chi connectivity index (χ0v) is 14.4. The molecule has 0 radical (unpaired) electrons. The Morgan fingerprint density at radius 1 is 1.08 bits per heavy atom. The van der Waals surface area contributed by atoms with E-state index in [-0.39, 0.29) is 24.0 Å². The number of anilines is 1. The molecule has 0 unspecified atom stereocenters. The van der Waals surface area contributed by atoms with Crippen molar-refractivity contribution < 1.29 is 18.3 Å². The first-order chi connectivity index (χ1) is 11.3. The Labute approximate surface area is 141 Å². The number of hydrogen-bond acceptors (Lipinski definition) is 4. The fraction of sp³-hybridized carbons (Fsp3) is 0.235. The standard InChI is InChI=1S/C17H20N2O4S/c1-13-3-9-16(10-4-13)24(22,23)18-15-7-5-14(6-8-15)17(21)19(2)11-12-20/h3-10,18,20H,11-12H2,1-2H3. The van der Waals surface area contributed by atoms with Crippen LogP contribution in [0.15, 0.2) is 53.4 Å². The summed E-state index contributed by atoms with van der Waals surface area (Å²) < 4.78 is 27.1. The number of hydrogen-bond donors (Lipinski definition) is 2. The topological polar surface area (TPSA) is 86.7 Å². The number of aliphatic hydroxyl groups is 1. The molecule has 0 aromatic heterocycles. The SMILES string of the molecule is Cc1ccc(S(=O)(=O)Nc2ccc(C(=O)N(C)CCO)cc2)cc1. The molecule has 1 amide bonds. The molecule has 2 aromatic rings. The predicted molar refractivity (Wildman–Crippen MR) is 92.5 cm³/mol. The highest BCUT2D eigenvalue weighted by molar-refractivity contribution is 7.92. The molecule has 0 saturated carbocycles. The van der Waals surface area contributed by atoms with Crippen molar-refractivity contribution in [3.8, 4) is 0 Å². The second kappa shape index (κ2) is 7.46. The molecule has 0 atom stereocenters. The van der Waals surface area contributed by atoms with Crippen molar-refractivity contribution in [2.24, 2.45) is 0 Å². The van der Waals surface area contributed by atoms with E-state index in [1.54, 1.807) is 43.4 Å². The lowest BCUT2D eigenvalue weighted by atomic mass is 10.2. The number of sulfonamides is 1. The third kappa shape index (κ3) is 4.33. The van der Waals surface area contributed by atoms with E-state index in [0.29, 0.717) is 11.3 Å². The molecule has 0 aliphatic heterocycles. The first-order valence-corrected chi connectivity index (χ1v) is 8.87. The van der Waals surface area contributed by atoms with Crippen LogP contribution < -0.4 is 4.72 Å². The smallest absolute Gasteiger partial charge is 0.261 e. The first kappa shape index (κ1) is 18.0. The maximum atomic E-state index is 12.3. The number of likely N-dealkylation sites (N-methyl/N-ethyl adjacent to an activating group) is 1. The van der Waals surface area contributed by atoms with E-state index < -0.39 is 10.0 Å². The fourth-order valence-corrected chi connectivity index (χ4v) is 3.14. The summed E-state index contributed by atoms with van der Waals surface area (Å²) in [6.45, 7) is 2.00. The molecule has 2 N–H and O–H groups in total. The van der Waals surface area contributed by atoms with E-state index in [1.165, 1.54) is 17.0 Å². The molecule has 24 heavy (non-hydrogen) atoms. The van der Waals surface area contributed by atoms with E-state index >= 15 is 0 Å². The lowest BCUT2D eigenvalue weighted by molar-refractivity contribution is 0.0767. The number of benzene rings is 2. The van der Waals surface area contributed by atoms with Crippen molar-refractivity contribution in [1.82, 2.24) is 4.90 Å². The van der Waals surface area contributed by atoms with E-state index in [4.69, 9.17) is 5.11 Å². The number of aliphatic hydroxyl groups excluding tert-OH is 1. The summed E-state index contributed by atoms with van der Waals surface area (Å²) in [4.78, 5) is 13.6. The van der Waals surface area contributed by atoms with Crippen LogP contribution in [0.3, 0.4) is 0 Å². The van der Waals surface area contributed by atoms with Gasteiger partial charge in [0.15, 0.2) is 0 Å². The highest BCUT2D eigenvalue weighted by Gasteiger charge is 2.15. The van der Waals surface area contributed by atoms with Crippen LogP contribution in [-0.2, 0) is 10.0 Å². The average molecular weight is 348 g/mol. The van der Waals surface area contributed by atoms with Crippen molar-refractivity contribution in [2.45, 2.75) is 11.8 Å². The lowest BCUT2D eigenvalue weighted by Gasteiger charge is -2.16. The number of rotatable bonds is 6. The molecule has 0 fully saturated rings. The average Bonchev–Trinajstić information content (AvgIpc) is 2.55. The molecule has 2 aromatic carbocycles. The van der Waals surface area contributed by atoms with E-state index in [9.17, 15) is 13.2 Å². The van der Waals surface area contributed by atoms with Crippen molar-refractivity contribution in [2.75, 3.05) is 24.9 Å². The lowest BCUT2D eigenvalue weighted by Crippen LogP contribution is -2.29. The monoisotopic (exact) mass is 348 g/mol. The van der Waals surface area contributed by atoms with E-state index in [0.717, 1.165) is 5.56 Å². The molecule has 128 valence electrons. The van der Waals surface area contributed by atoms with Crippen LogP contribution in [0.1, 0.15) is 15.9 Å².